The average Bonchev–Trinajstić information content (AvgIpc) is 2.39. The molecule has 0 aliphatic rings. The Hall–Kier alpha value is -1.95. The van der Waals surface area contributed by atoms with Gasteiger partial charge >= 0.3 is 5.97 Å². The van der Waals surface area contributed by atoms with Crippen molar-refractivity contribution in [3.63, 3.8) is 0 Å². The number of hydrogen-bond donors (Lipinski definition) is 1. The van der Waals surface area contributed by atoms with Crippen LogP contribution in [-0.2, 0) is 5.75 Å². The smallest absolute Gasteiger partial charge is 0.335 e. The van der Waals surface area contributed by atoms with Crippen LogP contribution in [0.3, 0.4) is 0 Å². The SMILES string of the molecule is O=C(O)c1cc(F)cc(CSc2ccc(F)c(F)c2)c1. The Kier molecular flexibility index (Phi) is 4.34. The number of carboxylic acids is 1. The van der Waals surface area contributed by atoms with Gasteiger partial charge in [0.1, 0.15) is 5.82 Å². The highest BCUT2D eigenvalue weighted by Crippen LogP contribution is 2.25. The average molecular weight is 298 g/mol. The summed E-state index contributed by atoms with van der Waals surface area (Å²) in [6.07, 6.45) is 0. The van der Waals surface area contributed by atoms with E-state index in [9.17, 15) is 18.0 Å². The summed E-state index contributed by atoms with van der Waals surface area (Å²) < 4.78 is 39.0. The minimum Gasteiger partial charge on any atom is -0.478 e. The number of hydrogen-bond acceptors (Lipinski definition) is 2. The molecule has 0 saturated heterocycles. The van der Waals surface area contributed by atoms with Gasteiger partial charge < -0.3 is 5.11 Å². The topological polar surface area (TPSA) is 37.3 Å². The van der Waals surface area contributed by atoms with E-state index in [1.165, 1.54) is 18.2 Å². The van der Waals surface area contributed by atoms with E-state index in [1.807, 2.05) is 0 Å². The zero-order chi connectivity index (χ0) is 14.7. The van der Waals surface area contributed by atoms with E-state index in [0.29, 0.717) is 10.5 Å². The lowest BCUT2D eigenvalue weighted by Gasteiger charge is -2.04. The molecule has 0 saturated carbocycles. The van der Waals surface area contributed by atoms with Gasteiger partial charge in [-0.2, -0.15) is 0 Å². The maximum Gasteiger partial charge on any atom is 0.335 e. The quantitative estimate of drug-likeness (QED) is 0.864. The fourth-order valence-electron chi connectivity index (χ4n) is 1.59. The number of benzene rings is 2. The molecular weight excluding hydrogens is 289 g/mol. The van der Waals surface area contributed by atoms with Crippen molar-refractivity contribution in [3.05, 3.63) is 65.0 Å². The minimum atomic E-state index is -1.22. The van der Waals surface area contributed by atoms with E-state index < -0.39 is 23.4 Å². The molecule has 2 aromatic carbocycles. The highest BCUT2D eigenvalue weighted by atomic mass is 32.2. The van der Waals surface area contributed by atoms with Crippen molar-refractivity contribution >= 4 is 17.7 Å². The van der Waals surface area contributed by atoms with Crippen LogP contribution in [0.2, 0.25) is 0 Å². The van der Waals surface area contributed by atoms with Gasteiger partial charge in [0.05, 0.1) is 5.56 Å². The zero-order valence-corrected chi connectivity index (χ0v) is 10.9. The molecule has 2 rings (SSSR count). The third-order valence-electron chi connectivity index (χ3n) is 2.50. The number of thioether (sulfide) groups is 1. The molecule has 0 heterocycles. The first-order valence-corrected chi connectivity index (χ1v) is 6.55. The van der Waals surface area contributed by atoms with E-state index in [-0.39, 0.29) is 11.3 Å². The summed E-state index contributed by atoms with van der Waals surface area (Å²) in [5, 5.41) is 8.82. The van der Waals surface area contributed by atoms with E-state index in [1.54, 1.807) is 0 Å². The molecule has 0 bridgehead atoms. The summed E-state index contributed by atoms with van der Waals surface area (Å²) in [5.41, 5.74) is 0.308. The van der Waals surface area contributed by atoms with Crippen molar-refractivity contribution in [1.29, 1.82) is 0 Å². The van der Waals surface area contributed by atoms with Gasteiger partial charge in [0, 0.05) is 10.6 Å². The molecule has 0 aliphatic carbocycles. The Morgan fingerprint density at radius 3 is 2.45 bits per heavy atom. The lowest BCUT2D eigenvalue weighted by molar-refractivity contribution is 0.0696. The zero-order valence-electron chi connectivity index (χ0n) is 10.1. The molecule has 6 heteroatoms. The Morgan fingerprint density at radius 1 is 1.05 bits per heavy atom. The van der Waals surface area contributed by atoms with Crippen LogP contribution in [0.4, 0.5) is 13.2 Å². The molecule has 0 aliphatic heterocycles. The summed E-state index contributed by atoms with van der Waals surface area (Å²) in [4.78, 5) is 11.3. The van der Waals surface area contributed by atoms with Crippen molar-refractivity contribution in [2.75, 3.05) is 0 Å². The van der Waals surface area contributed by atoms with Gasteiger partial charge in [-0.1, -0.05) is 0 Å². The maximum atomic E-state index is 13.2. The molecule has 0 fully saturated rings. The fourth-order valence-corrected chi connectivity index (χ4v) is 2.44. The van der Waals surface area contributed by atoms with Crippen molar-refractivity contribution in [1.82, 2.24) is 0 Å². The number of aromatic carboxylic acids is 1. The normalized spacial score (nSPS) is 10.6. The Bertz CT molecular complexity index is 659. The van der Waals surface area contributed by atoms with Gasteiger partial charge in [0.15, 0.2) is 11.6 Å². The number of halogens is 3. The minimum absolute atomic E-state index is 0.147. The van der Waals surface area contributed by atoms with Crippen LogP contribution < -0.4 is 0 Å². The van der Waals surface area contributed by atoms with Crippen LogP contribution in [-0.4, -0.2) is 11.1 Å². The standard InChI is InChI=1S/C14H9F3O2S/c15-10-4-8(3-9(5-10)14(18)19)7-20-11-1-2-12(16)13(17)6-11/h1-6H,7H2,(H,18,19). The molecule has 0 amide bonds. The fraction of sp³-hybridized carbons (Fsp3) is 0.0714. The van der Waals surface area contributed by atoms with E-state index in [0.717, 1.165) is 30.0 Å². The molecule has 104 valence electrons. The molecule has 2 nitrogen and oxygen atoms in total. The first-order valence-electron chi connectivity index (χ1n) is 5.56. The Balaban J connectivity index is 2.14. The second-order valence-corrected chi connectivity index (χ2v) is 5.07. The Morgan fingerprint density at radius 2 is 1.80 bits per heavy atom. The van der Waals surface area contributed by atoms with Crippen molar-refractivity contribution in [3.8, 4) is 0 Å². The maximum absolute atomic E-state index is 13.2. The molecule has 0 spiro atoms. The van der Waals surface area contributed by atoms with Crippen molar-refractivity contribution < 1.29 is 23.1 Å². The van der Waals surface area contributed by atoms with Crippen LogP contribution in [0.25, 0.3) is 0 Å². The lowest BCUT2D eigenvalue weighted by Crippen LogP contribution is -1.98. The first kappa shape index (κ1) is 14.5. The molecule has 20 heavy (non-hydrogen) atoms. The molecule has 0 radical (unpaired) electrons. The van der Waals surface area contributed by atoms with Gasteiger partial charge in [-0.15, -0.1) is 11.8 Å². The summed E-state index contributed by atoms with van der Waals surface area (Å²) in [6, 6.07) is 6.93. The predicted octanol–water partition coefficient (Wildman–Crippen LogP) is 4.09. The first-order chi connectivity index (χ1) is 9.45. The largest absolute Gasteiger partial charge is 0.478 e. The molecule has 1 N–H and O–H groups in total. The molecular formula is C14H9F3O2S. The third-order valence-corrected chi connectivity index (χ3v) is 3.57. The van der Waals surface area contributed by atoms with Crippen molar-refractivity contribution in [2.24, 2.45) is 0 Å². The molecule has 0 unspecified atom stereocenters. The highest BCUT2D eigenvalue weighted by molar-refractivity contribution is 7.98. The Labute approximate surface area is 117 Å². The molecule has 2 aromatic rings. The number of rotatable bonds is 4. The van der Waals surface area contributed by atoms with Gasteiger partial charge in [-0.3, -0.25) is 0 Å². The summed E-state index contributed by atoms with van der Waals surface area (Å²) in [6.45, 7) is 0. The van der Waals surface area contributed by atoms with Gasteiger partial charge in [-0.05, 0) is 42.0 Å². The summed E-state index contributed by atoms with van der Waals surface area (Å²) in [5.74, 6) is -3.51. The van der Waals surface area contributed by atoms with Gasteiger partial charge in [0.25, 0.3) is 0 Å². The van der Waals surface area contributed by atoms with E-state index in [4.69, 9.17) is 5.11 Å². The highest BCUT2D eigenvalue weighted by Gasteiger charge is 2.08. The lowest BCUT2D eigenvalue weighted by atomic mass is 10.1. The number of carboxylic acid groups (broad SMARTS) is 1. The summed E-state index contributed by atoms with van der Waals surface area (Å²) in [7, 11) is 0. The van der Waals surface area contributed by atoms with Crippen LogP contribution in [0.1, 0.15) is 15.9 Å². The van der Waals surface area contributed by atoms with Crippen LogP contribution in [0, 0.1) is 17.5 Å². The predicted molar refractivity (Wildman–Crippen MR) is 69.3 cm³/mol. The molecule has 0 aromatic heterocycles. The second kappa shape index (κ2) is 6.00. The van der Waals surface area contributed by atoms with E-state index in [2.05, 4.69) is 0 Å². The monoisotopic (exact) mass is 298 g/mol. The van der Waals surface area contributed by atoms with E-state index >= 15 is 0 Å². The van der Waals surface area contributed by atoms with Gasteiger partial charge in [0.2, 0.25) is 0 Å². The van der Waals surface area contributed by atoms with Crippen LogP contribution >= 0.6 is 11.8 Å². The van der Waals surface area contributed by atoms with Crippen molar-refractivity contribution in [2.45, 2.75) is 10.6 Å². The second-order valence-electron chi connectivity index (χ2n) is 4.02. The van der Waals surface area contributed by atoms with Crippen LogP contribution in [0.15, 0.2) is 41.3 Å². The van der Waals surface area contributed by atoms with Crippen LogP contribution in [0.5, 0.6) is 0 Å². The number of carbonyl (C=O) groups is 1. The van der Waals surface area contributed by atoms with Gasteiger partial charge in [-0.25, -0.2) is 18.0 Å². The summed E-state index contributed by atoms with van der Waals surface area (Å²) >= 11 is 1.16. The molecule has 0 atom stereocenters. The third kappa shape index (κ3) is 3.54.